The lowest BCUT2D eigenvalue weighted by Crippen LogP contribution is -2.28. The van der Waals surface area contributed by atoms with Gasteiger partial charge in [0.15, 0.2) is 0 Å². The van der Waals surface area contributed by atoms with Crippen molar-refractivity contribution in [3.05, 3.63) is 0 Å². The zero-order valence-corrected chi connectivity index (χ0v) is 5.50. The van der Waals surface area contributed by atoms with Crippen LogP contribution in [0.3, 0.4) is 0 Å². The molecule has 0 saturated heterocycles. The number of hydrogen-bond donors (Lipinski definition) is 1. The molecule has 0 aromatic heterocycles. The van der Waals surface area contributed by atoms with Crippen LogP contribution in [0.2, 0.25) is 0 Å². The Morgan fingerprint density at radius 1 is 1.40 bits per heavy atom. The Bertz CT molecular complexity index is 162. The van der Waals surface area contributed by atoms with E-state index in [2.05, 4.69) is 10.5 Å². The summed E-state index contributed by atoms with van der Waals surface area (Å²) in [6, 6.07) is 0. The first kappa shape index (κ1) is 7.05. The first-order valence-corrected chi connectivity index (χ1v) is 3.21. The van der Waals surface area contributed by atoms with Crippen molar-refractivity contribution in [1.29, 1.82) is 0 Å². The van der Waals surface area contributed by atoms with Gasteiger partial charge in [0.1, 0.15) is 0 Å². The fraction of sp³-hybridized carbons (Fsp3) is 0.667. The molecule has 0 radical (unpaired) electrons. The van der Waals surface area contributed by atoms with Gasteiger partial charge in [0.25, 0.3) is 0 Å². The lowest BCUT2D eigenvalue weighted by Gasteiger charge is -2.21. The van der Waals surface area contributed by atoms with Gasteiger partial charge in [0.05, 0.1) is 5.92 Å². The number of ether oxygens (including phenoxy) is 1. The van der Waals surface area contributed by atoms with E-state index in [1.165, 1.54) is 0 Å². The van der Waals surface area contributed by atoms with Crippen LogP contribution in [0.5, 0.6) is 0 Å². The first-order valence-electron chi connectivity index (χ1n) is 3.21. The van der Waals surface area contributed by atoms with E-state index < -0.39 is 12.1 Å². The second-order valence-electron chi connectivity index (χ2n) is 2.37. The highest BCUT2D eigenvalue weighted by molar-refractivity contribution is 5.85. The highest BCUT2D eigenvalue weighted by Gasteiger charge is 2.27. The minimum atomic E-state index is -1.00. The summed E-state index contributed by atoms with van der Waals surface area (Å²) in [7, 11) is 0. The van der Waals surface area contributed by atoms with E-state index in [4.69, 9.17) is 0 Å². The predicted octanol–water partition coefficient (Wildman–Crippen LogP) is 0.408. The minimum Gasteiger partial charge on any atom is -0.376 e. The quantitative estimate of drug-likeness (QED) is 0.427. The average molecular weight is 143 g/mol. The van der Waals surface area contributed by atoms with Crippen LogP contribution < -0.4 is 5.73 Å². The molecule has 0 bridgehead atoms. The highest BCUT2D eigenvalue weighted by Crippen LogP contribution is 2.27. The van der Waals surface area contributed by atoms with E-state index in [0.29, 0.717) is 0 Å². The molecular weight excluding hydrogens is 134 g/mol. The van der Waals surface area contributed by atoms with Crippen LogP contribution in [0.4, 0.5) is 4.79 Å². The van der Waals surface area contributed by atoms with E-state index in [1.807, 2.05) is 0 Å². The van der Waals surface area contributed by atoms with Crippen molar-refractivity contribution < 1.29 is 14.3 Å². The standard InChI is InChI=1S/C6H9NO3/c7-6(9)10-5(8)4-2-1-3-4/h4H,1-3H2,(H2,7,9). The zero-order chi connectivity index (χ0) is 7.56. The molecule has 1 aliphatic rings. The largest absolute Gasteiger partial charge is 0.412 e. The Hall–Kier alpha value is -1.06. The van der Waals surface area contributed by atoms with Gasteiger partial charge in [0, 0.05) is 0 Å². The summed E-state index contributed by atoms with van der Waals surface area (Å²) in [5.74, 6) is -0.550. The van der Waals surface area contributed by atoms with Crippen LogP contribution in [0.15, 0.2) is 0 Å². The maximum absolute atomic E-state index is 10.7. The van der Waals surface area contributed by atoms with E-state index >= 15 is 0 Å². The highest BCUT2D eigenvalue weighted by atomic mass is 16.6. The van der Waals surface area contributed by atoms with Gasteiger partial charge in [-0.1, -0.05) is 6.42 Å². The molecule has 0 unspecified atom stereocenters. The molecule has 10 heavy (non-hydrogen) atoms. The topological polar surface area (TPSA) is 69.4 Å². The summed E-state index contributed by atoms with van der Waals surface area (Å²) in [6.45, 7) is 0. The van der Waals surface area contributed by atoms with E-state index in [9.17, 15) is 9.59 Å². The van der Waals surface area contributed by atoms with Crippen molar-refractivity contribution >= 4 is 12.1 Å². The van der Waals surface area contributed by atoms with Crippen LogP contribution >= 0.6 is 0 Å². The third-order valence-corrected chi connectivity index (χ3v) is 1.64. The number of nitrogens with two attached hydrogens (primary N) is 1. The number of carbonyl (C=O) groups is 2. The Labute approximate surface area is 58.3 Å². The van der Waals surface area contributed by atoms with E-state index in [0.717, 1.165) is 19.3 Å². The molecule has 1 amide bonds. The second kappa shape index (κ2) is 2.68. The first-order chi connectivity index (χ1) is 4.70. The molecule has 1 rings (SSSR count). The summed E-state index contributed by atoms with van der Waals surface area (Å²) in [6.07, 6.45) is 1.69. The van der Waals surface area contributed by atoms with Crippen molar-refractivity contribution in [2.75, 3.05) is 0 Å². The lowest BCUT2D eigenvalue weighted by molar-refractivity contribution is -0.144. The summed E-state index contributed by atoms with van der Waals surface area (Å²) in [4.78, 5) is 20.7. The van der Waals surface area contributed by atoms with Gasteiger partial charge in [-0.15, -0.1) is 0 Å². The molecule has 0 spiro atoms. The molecule has 56 valence electrons. The Morgan fingerprint density at radius 2 is 2.00 bits per heavy atom. The molecule has 0 aliphatic heterocycles. The van der Waals surface area contributed by atoms with E-state index in [1.54, 1.807) is 0 Å². The number of primary amides is 1. The minimum absolute atomic E-state index is 0.0764. The second-order valence-corrected chi connectivity index (χ2v) is 2.37. The maximum Gasteiger partial charge on any atom is 0.412 e. The smallest absolute Gasteiger partial charge is 0.376 e. The maximum atomic E-state index is 10.7. The van der Waals surface area contributed by atoms with Crippen molar-refractivity contribution in [3.8, 4) is 0 Å². The van der Waals surface area contributed by atoms with Crippen LogP contribution in [0.25, 0.3) is 0 Å². The van der Waals surface area contributed by atoms with Crippen molar-refractivity contribution in [2.45, 2.75) is 19.3 Å². The van der Waals surface area contributed by atoms with Gasteiger partial charge in [-0.3, -0.25) is 4.79 Å². The third kappa shape index (κ3) is 1.46. The number of rotatable bonds is 1. The molecule has 4 nitrogen and oxygen atoms in total. The summed E-state index contributed by atoms with van der Waals surface area (Å²) in [5, 5.41) is 0. The number of amides is 1. The lowest BCUT2D eigenvalue weighted by atomic mass is 9.86. The number of esters is 1. The van der Waals surface area contributed by atoms with E-state index in [-0.39, 0.29) is 5.92 Å². The van der Waals surface area contributed by atoms with Crippen molar-refractivity contribution in [1.82, 2.24) is 0 Å². The van der Waals surface area contributed by atoms with Gasteiger partial charge in [-0.25, -0.2) is 4.79 Å². The van der Waals surface area contributed by atoms with Crippen molar-refractivity contribution in [2.24, 2.45) is 11.7 Å². The number of hydrogen-bond acceptors (Lipinski definition) is 3. The van der Waals surface area contributed by atoms with Gasteiger partial charge < -0.3 is 10.5 Å². The predicted molar refractivity (Wildman–Crippen MR) is 33.0 cm³/mol. The average Bonchev–Trinajstić information content (AvgIpc) is 1.55. The molecule has 1 fully saturated rings. The molecule has 1 aliphatic carbocycles. The van der Waals surface area contributed by atoms with Gasteiger partial charge in [0.2, 0.25) is 0 Å². The molecule has 0 aromatic rings. The molecular formula is C6H9NO3. The van der Waals surface area contributed by atoms with Crippen LogP contribution in [0, 0.1) is 5.92 Å². The fourth-order valence-electron chi connectivity index (χ4n) is 0.826. The Morgan fingerprint density at radius 3 is 2.30 bits per heavy atom. The third-order valence-electron chi connectivity index (χ3n) is 1.64. The molecule has 0 heterocycles. The molecule has 4 heteroatoms. The molecule has 1 saturated carbocycles. The summed E-state index contributed by atoms with van der Waals surface area (Å²) < 4.78 is 4.15. The molecule has 0 aromatic carbocycles. The number of carbonyl (C=O) groups excluding carboxylic acids is 2. The van der Waals surface area contributed by atoms with Gasteiger partial charge in [-0.2, -0.15) is 0 Å². The molecule has 0 atom stereocenters. The normalized spacial score (nSPS) is 17.6. The fourth-order valence-corrected chi connectivity index (χ4v) is 0.826. The SMILES string of the molecule is NC(=O)OC(=O)C1CCC1. The van der Waals surface area contributed by atoms with Crippen LogP contribution in [-0.2, 0) is 9.53 Å². The Balaban J connectivity index is 2.27. The molecule has 2 N–H and O–H groups in total. The Kier molecular flexibility index (Phi) is 1.89. The van der Waals surface area contributed by atoms with Crippen molar-refractivity contribution in [3.63, 3.8) is 0 Å². The zero-order valence-electron chi connectivity index (χ0n) is 5.50. The summed E-state index contributed by atoms with van der Waals surface area (Å²) in [5.41, 5.74) is 4.63. The van der Waals surface area contributed by atoms with Crippen LogP contribution in [0.1, 0.15) is 19.3 Å². The van der Waals surface area contributed by atoms with Gasteiger partial charge in [-0.05, 0) is 12.8 Å². The van der Waals surface area contributed by atoms with Gasteiger partial charge >= 0.3 is 12.1 Å². The monoisotopic (exact) mass is 143 g/mol. The van der Waals surface area contributed by atoms with Crippen LogP contribution in [-0.4, -0.2) is 12.1 Å². The summed E-state index contributed by atoms with van der Waals surface area (Å²) >= 11 is 0.